The van der Waals surface area contributed by atoms with Crippen LogP contribution in [0.15, 0.2) is 24.3 Å². The average molecular weight is 271 g/mol. The monoisotopic (exact) mass is 270 g/mol. The second kappa shape index (κ2) is 6.73. The van der Waals surface area contributed by atoms with Crippen LogP contribution in [0.3, 0.4) is 0 Å². The topological polar surface area (TPSA) is 55.6 Å². The molecule has 0 saturated carbocycles. The summed E-state index contributed by atoms with van der Waals surface area (Å²) < 4.78 is 4.91. The number of ether oxygens (including phenoxy) is 1. The third-order valence-corrected chi connectivity index (χ3v) is 3.11. The Labute approximate surface area is 114 Å². The number of fused-ring (bicyclic) bond motifs is 1. The zero-order valence-electron chi connectivity index (χ0n) is 10.5. The summed E-state index contributed by atoms with van der Waals surface area (Å²) in [7, 11) is 1.55. The number of hydrogen-bond donors (Lipinski definition) is 1. The summed E-state index contributed by atoms with van der Waals surface area (Å²) in [5.41, 5.74) is 8.31. The molecule has 0 bridgehead atoms. The quantitative estimate of drug-likeness (QED) is 0.890. The molecule has 0 spiro atoms. The highest BCUT2D eigenvalue weighted by Gasteiger charge is 2.24. The van der Waals surface area contributed by atoms with Crippen LogP contribution in [0.4, 0.5) is 0 Å². The molecule has 1 aliphatic rings. The maximum atomic E-state index is 12.0. The lowest BCUT2D eigenvalue weighted by molar-refractivity contribution is -0.134. The molecule has 100 valence electrons. The van der Waals surface area contributed by atoms with E-state index >= 15 is 0 Å². The van der Waals surface area contributed by atoms with E-state index in [4.69, 9.17) is 10.5 Å². The highest BCUT2D eigenvalue weighted by molar-refractivity contribution is 5.85. The first-order chi connectivity index (χ1) is 8.22. The number of halogens is 1. The van der Waals surface area contributed by atoms with E-state index in [1.807, 2.05) is 17.0 Å². The van der Waals surface area contributed by atoms with Crippen molar-refractivity contribution in [2.45, 2.75) is 19.0 Å². The predicted molar refractivity (Wildman–Crippen MR) is 72.7 cm³/mol. The van der Waals surface area contributed by atoms with Crippen molar-refractivity contribution in [1.82, 2.24) is 4.90 Å². The molecule has 0 radical (unpaired) electrons. The summed E-state index contributed by atoms with van der Waals surface area (Å²) >= 11 is 0. The van der Waals surface area contributed by atoms with Gasteiger partial charge in [0.25, 0.3) is 0 Å². The van der Waals surface area contributed by atoms with Crippen molar-refractivity contribution in [2.24, 2.45) is 5.73 Å². The Morgan fingerprint density at radius 1 is 1.44 bits per heavy atom. The fourth-order valence-electron chi connectivity index (χ4n) is 2.17. The second-order valence-corrected chi connectivity index (χ2v) is 4.34. The van der Waals surface area contributed by atoms with Crippen molar-refractivity contribution in [2.75, 3.05) is 20.3 Å². The van der Waals surface area contributed by atoms with Gasteiger partial charge in [-0.25, -0.2) is 0 Å². The van der Waals surface area contributed by atoms with Gasteiger partial charge < -0.3 is 15.4 Å². The molecule has 1 atom stereocenters. The van der Waals surface area contributed by atoms with E-state index in [0.717, 1.165) is 13.0 Å². The molecule has 1 aromatic carbocycles. The van der Waals surface area contributed by atoms with Gasteiger partial charge in [-0.15, -0.1) is 12.4 Å². The molecule has 18 heavy (non-hydrogen) atoms. The zero-order valence-corrected chi connectivity index (χ0v) is 11.3. The third kappa shape index (κ3) is 3.22. The Balaban J connectivity index is 0.00000162. The number of benzene rings is 1. The van der Waals surface area contributed by atoms with Crippen molar-refractivity contribution in [1.29, 1.82) is 0 Å². The maximum absolute atomic E-state index is 12.0. The van der Waals surface area contributed by atoms with Crippen LogP contribution in [-0.4, -0.2) is 37.1 Å². The van der Waals surface area contributed by atoms with Gasteiger partial charge in [-0.05, 0) is 17.5 Å². The van der Waals surface area contributed by atoms with Crippen LogP contribution in [0.5, 0.6) is 0 Å². The normalized spacial score (nSPS) is 15.6. The van der Waals surface area contributed by atoms with Gasteiger partial charge in [0.2, 0.25) is 5.91 Å². The Bertz CT molecular complexity index is 412. The van der Waals surface area contributed by atoms with E-state index in [9.17, 15) is 4.79 Å². The summed E-state index contributed by atoms with van der Waals surface area (Å²) in [5.74, 6) is -0.0265. The Morgan fingerprint density at radius 3 is 2.78 bits per heavy atom. The first-order valence-electron chi connectivity index (χ1n) is 5.82. The van der Waals surface area contributed by atoms with Crippen LogP contribution in [0.25, 0.3) is 0 Å². The number of rotatable bonds is 3. The number of amides is 1. The van der Waals surface area contributed by atoms with E-state index in [1.54, 1.807) is 7.11 Å². The number of carbonyl (C=O) groups is 1. The molecule has 4 nitrogen and oxygen atoms in total. The number of nitrogens with two attached hydrogens (primary N) is 1. The zero-order chi connectivity index (χ0) is 12.3. The molecule has 2 N–H and O–H groups in total. The summed E-state index contributed by atoms with van der Waals surface area (Å²) in [6.45, 7) is 1.68. The Kier molecular flexibility index (Phi) is 5.59. The van der Waals surface area contributed by atoms with Crippen LogP contribution >= 0.6 is 12.4 Å². The van der Waals surface area contributed by atoms with Crippen LogP contribution < -0.4 is 5.73 Å². The van der Waals surface area contributed by atoms with Crippen LogP contribution in [0.2, 0.25) is 0 Å². The summed E-state index contributed by atoms with van der Waals surface area (Å²) in [6, 6.07) is 7.67. The molecule has 1 heterocycles. The number of methoxy groups -OCH3 is 1. The average Bonchev–Trinajstić information content (AvgIpc) is 2.37. The smallest absolute Gasteiger partial charge is 0.242 e. The van der Waals surface area contributed by atoms with Crippen LogP contribution in [0, 0.1) is 0 Å². The minimum atomic E-state index is -0.551. The number of hydrogen-bond acceptors (Lipinski definition) is 3. The van der Waals surface area contributed by atoms with Gasteiger partial charge in [-0.1, -0.05) is 24.3 Å². The van der Waals surface area contributed by atoms with Gasteiger partial charge in [-0.3, -0.25) is 4.79 Å². The molecule has 0 saturated heterocycles. The standard InChI is InChI=1S/C13H18N2O2.ClH/c1-17-9-12(14)13(16)15-7-6-10-4-2-3-5-11(10)8-15;/h2-5,12H,6-9,14H2,1H3;1H. The van der Waals surface area contributed by atoms with Gasteiger partial charge in [0.05, 0.1) is 6.61 Å². The SMILES string of the molecule is COCC(N)C(=O)N1CCc2ccccc2C1.Cl. The lowest BCUT2D eigenvalue weighted by atomic mass is 9.99. The molecule has 1 unspecified atom stereocenters. The summed E-state index contributed by atoms with van der Waals surface area (Å²) in [6.07, 6.45) is 0.904. The van der Waals surface area contributed by atoms with Gasteiger partial charge in [0.1, 0.15) is 6.04 Å². The lowest BCUT2D eigenvalue weighted by Crippen LogP contribution is -2.47. The van der Waals surface area contributed by atoms with Crippen LogP contribution in [-0.2, 0) is 22.5 Å². The molecular weight excluding hydrogens is 252 g/mol. The van der Waals surface area contributed by atoms with Gasteiger partial charge >= 0.3 is 0 Å². The van der Waals surface area contributed by atoms with Crippen LogP contribution in [0.1, 0.15) is 11.1 Å². The van der Waals surface area contributed by atoms with Gasteiger partial charge in [0, 0.05) is 20.2 Å². The largest absolute Gasteiger partial charge is 0.383 e. The molecule has 5 heteroatoms. The van der Waals surface area contributed by atoms with E-state index in [0.29, 0.717) is 6.54 Å². The van der Waals surface area contributed by atoms with E-state index < -0.39 is 6.04 Å². The molecule has 2 rings (SSSR count). The van der Waals surface area contributed by atoms with E-state index in [1.165, 1.54) is 11.1 Å². The fraction of sp³-hybridized carbons (Fsp3) is 0.462. The lowest BCUT2D eigenvalue weighted by Gasteiger charge is -2.30. The first kappa shape index (κ1) is 15.0. The second-order valence-electron chi connectivity index (χ2n) is 4.34. The molecule has 1 aliphatic heterocycles. The fourth-order valence-corrected chi connectivity index (χ4v) is 2.17. The van der Waals surface area contributed by atoms with E-state index in [2.05, 4.69) is 12.1 Å². The first-order valence-corrected chi connectivity index (χ1v) is 5.82. The van der Waals surface area contributed by atoms with E-state index in [-0.39, 0.29) is 24.9 Å². The minimum Gasteiger partial charge on any atom is -0.383 e. The summed E-state index contributed by atoms with van der Waals surface area (Å²) in [4.78, 5) is 13.8. The predicted octanol–water partition coefficient (Wildman–Crippen LogP) is 0.967. The van der Waals surface area contributed by atoms with Crippen molar-refractivity contribution < 1.29 is 9.53 Å². The van der Waals surface area contributed by atoms with Crippen molar-refractivity contribution in [3.05, 3.63) is 35.4 Å². The minimum absolute atomic E-state index is 0. The third-order valence-electron chi connectivity index (χ3n) is 3.11. The number of carbonyl (C=O) groups excluding carboxylic acids is 1. The summed E-state index contributed by atoms with van der Waals surface area (Å²) in [5, 5.41) is 0. The van der Waals surface area contributed by atoms with Gasteiger partial charge in [-0.2, -0.15) is 0 Å². The van der Waals surface area contributed by atoms with Crippen molar-refractivity contribution >= 4 is 18.3 Å². The Morgan fingerprint density at radius 2 is 2.11 bits per heavy atom. The molecule has 0 aromatic heterocycles. The molecule has 0 fully saturated rings. The maximum Gasteiger partial charge on any atom is 0.242 e. The Hall–Kier alpha value is -1.10. The molecule has 1 aromatic rings. The molecule has 1 amide bonds. The highest BCUT2D eigenvalue weighted by Crippen LogP contribution is 2.18. The highest BCUT2D eigenvalue weighted by atomic mass is 35.5. The van der Waals surface area contributed by atoms with Gasteiger partial charge in [0.15, 0.2) is 0 Å². The number of nitrogens with zero attached hydrogens (tertiary/aromatic N) is 1. The molecule has 0 aliphatic carbocycles. The van der Waals surface area contributed by atoms with Crippen molar-refractivity contribution in [3.8, 4) is 0 Å². The molecular formula is C13H19ClN2O2. The van der Waals surface area contributed by atoms with Crippen molar-refractivity contribution in [3.63, 3.8) is 0 Å².